The Labute approximate surface area is 153 Å². The first kappa shape index (κ1) is 16.0. The molecule has 2 aliphatic heterocycles. The van der Waals surface area contributed by atoms with E-state index < -0.39 is 18.6 Å². The number of hydrogen-bond donors (Lipinski definition) is 2. The monoisotopic (exact) mass is 372 g/mol. The number of H-pyrrole nitrogens is 1. The standard InChI is InChI=1S/C17H16N4O4S/c22-6-10-12-13(25-17(24-12)9-4-2-1-3-5-9)16(23-10)21-8-20-11-14(21)18-7-19-15(11)26/h1-5,7-8,10,12-13,16-17,22H,6H2,(H,18,19,26)/t10?,12-,13-,16?,17?/m1/s1. The average molecular weight is 372 g/mol. The van der Waals surface area contributed by atoms with Crippen molar-refractivity contribution >= 4 is 23.4 Å². The maximum atomic E-state index is 9.72. The molecule has 2 N–H and O–H groups in total. The number of aliphatic hydroxyl groups excluding tert-OH is 1. The van der Waals surface area contributed by atoms with E-state index in [-0.39, 0.29) is 18.8 Å². The van der Waals surface area contributed by atoms with Crippen LogP contribution in [0.25, 0.3) is 11.2 Å². The summed E-state index contributed by atoms with van der Waals surface area (Å²) in [5.41, 5.74) is 2.21. The van der Waals surface area contributed by atoms with Gasteiger partial charge in [0.25, 0.3) is 0 Å². The van der Waals surface area contributed by atoms with Crippen molar-refractivity contribution in [1.29, 1.82) is 0 Å². The second kappa shape index (κ2) is 6.22. The number of aromatic nitrogens is 4. The van der Waals surface area contributed by atoms with Gasteiger partial charge in [-0.25, -0.2) is 9.97 Å². The quantitative estimate of drug-likeness (QED) is 0.678. The molecule has 8 nitrogen and oxygen atoms in total. The van der Waals surface area contributed by atoms with Gasteiger partial charge < -0.3 is 24.3 Å². The van der Waals surface area contributed by atoms with E-state index in [2.05, 4.69) is 15.0 Å². The number of rotatable bonds is 3. The van der Waals surface area contributed by atoms with Crippen LogP contribution in [0.15, 0.2) is 43.0 Å². The van der Waals surface area contributed by atoms with Gasteiger partial charge in [0.1, 0.15) is 29.5 Å². The van der Waals surface area contributed by atoms with Crippen LogP contribution in [-0.4, -0.2) is 49.5 Å². The molecule has 0 aliphatic carbocycles. The highest BCUT2D eigenvalue weighted by Crippen LogP contribution is 2.44. The molecule has 9 heteroatoms. The topological polar surface area (TPSA) is 94.4 Å². The molecule has 26 heavy (non-hydrogen) atoms. The SMILES string of the molecule is OCC1OC(n2cnc3c(=S)nc[nH]c32)[C@@H]2OC(c3ccccc3)O[C@H]12. The number of ether oxygens (including phenoxy) is 3. The Hall–Kier alpha value is -2.17. The Bertz CT molecular complexity index is 991. The molecule has 4 heterocycles. The molecule has 5 atom stereocenters. The van der Waals surface area contributed by atoms with Gasteiger partial charge in [0.15, 0.2) is 17.2 Å². The Kier molecular flexibility index (Phi) is 3.84. The van der Waals surface area contributed by atoms with Crippen molar-refractivity contribution in [3.8, 4) is 0 Å². The van der Waals surface area contributed by atoms with E-state index in [0.717, 1.165) is 5.56 Å². The smallest absolute Gasteiger partial charge is 0.185 e. The van der Waals surface area contributed by atoms with Crippen molar-refractivity contribution < 1.29 is 19.3 Å². The van der Waals surface area contributed by atoms with Crippen LogP contribution in [0.4, 0.5) is 0 Å². The number of imidazole rings is 1. The molecule has 2 aromatic heterocycles. The summed E-state index contributed by atoms with van der Waals surface area (Å²) in [5.74, 6) is 0. The minimum atomic E-state index is -0.499. The highest BCUT2D eigenvalue weighted by Gasteiger charge is 2.53. The van der Waals surface area contributed by atoms with E-state index in [9.17, 15) is 5.11 Å². The van der Waals surface area contributed by atoms with Gasteiger partial charge in [-0.2, -0.15) is 0 Å². The minimum Gasteiger partial charge on any atom is -0.394 e. The second-order valence-electron chi connectivity index (χ2n) is 6.25. The molecule has 0 spiro atoms. The Morgan fingerprint density at radius 3 is 2.73 bits per heavy atom. The van der Waals surface area contributed by atoms with Crippen molar-refractivity contribution in [3.05, 3.63) is 53.2 Å². The van der Waals surface area contributed by atoms with Crippen LogP contribution in [-0.2, 0) is 14.2 Å². The number of aromatic amines is 1. The fraction of sp³-hybridized carbons (Fsp3) is 0.353. The van der Waals surface area contributed by atoms with E-state index in [1.165, 1.54) is 6.33 Å². The summed E-state index contributed by atoms with van der Waals surface area (Å²) in [4.78, 5) is 11.4. The third-order valence-electron chi connectivity index (χ3n) is 4.75. The van der Waals surface area contributed by atoms with E-state index in [1.807, 2.05) is 34.9 Å². The summed E-state index contributed by atoms with van der Waals surface area (Å²) in [6.07, 6.45) is 0.922. The zero-order valence-electron chi connectivity index (χ0n) is 13.6. The van der Waals surface area contributed by atoms with Crippen molar-refractivity contribution in [3.63, 3.8) is 0 Å². The van der Waals surface area contributed by atoms with Gasteiger partial charge in [0.05, 0.1) is 19.3 Å². The molecule has 3 aromatic rings. The molecule has 2 fully saturated rings. The lowest BCUT2D eigenvalue weighted by molar-refractivity contribution is -0.153. The second-order valence-corrected chi connectivity index (χ2v) is 6.64. The largest absolute Gasteiger partial charge is 0.394 e. The number of aliphatic hydroxyl groups is 1. The van der Waals surface area contributed by atoms with Crippen molar-refractivity contribution in [2.24, 2.45) is 0 Å². The molecule has 0 radical (unpaired) electrons. The molecule has 0 amide bonds. The molecule has 2 saturated heterocycles. The van der Waals surface area contributed by atoms with Crippen molar-refractivity contribution in [2.45, 2.75) is 30.8 Å². The van der Waals surface area contributed by atoms with E-state index in [4.69, 9.17) is 26.4 Å². The van der Waals surface area contributed by atoms with Gasteiger partial charge in [-0.05, 0) is 0 Å². The number of nitrogens with one attached hydrogen (secondary N) is 1. The van der Waals surface area contributed by atoms with Crippen LogP contribution < -0.4 is 0 Å². The van der Waals surface area contributed by atoms with Gasteiger partial charge in [-0.3, -0.25) is 4.57 Å². The first-order valence-corrected chi connectivity index (χ1v) is 8.69. The molecule has 5 rings (SSSR count). The van der Waals surface area contributed by atoms with Crippen LogP contribution in [0, 0.1) is 4.64 Å². The maximum absolute atomic E-state index is 9.72. The van der Waals surface area contributed by atoms with E-state index in [1.54, 1.807) is 6.33 Å². The fourth-order valence-electron chi connectivity index (χ4n) is 3.54. The number of fused-ring (bicyclic) bond motifs is 2. The highest BCUT2D eigenvalue weighted by atomic mass is 32.1. The van der Waals surface area contributed by atoms with Gasteiger partial charge in [-0.15, -0.1) is 0 Å². The average Bonchev–Trinajstić information content (AvgIpc) is 3.36. The predicted octanol–water partition coefficient (Wildman–Crippen LogP) is 1.86. The zero-order chi connectivity index (χ0) is 17.7. The summed E-state index contributed by atoms with van der Waals surface area (Å²) in [5, 5.41) is 9.72. The first-order chi connectivity index (χ1) is 12.8. The van der Waals surface area contributed by atoms with Crippen LogP contribution >= 0.6 is 12.2 Å². The Balaban J connectivity index is 1.52. The summed E-state index contributed by atoms with van der Waals surface area (Å²) >= 11 is 5.22. The van der Waals surface area contributed by atoms with Crippen LogP contribution in [0.3, 0.4) is 0 Å². The Morgan fingerprint density at radius 2 is 1.92 bits per heavy atom. The molecule has 0 saturated carbocycles. The van der Waals surface area contributed by atoms with Crippen LogP contribution in [0.2, 0.25) is 0 Å². The van der Waals surface area contributed by atoms with E-state index in [0.29, 0.717) is 15.8 Å². The third kappa shape index (κ3) is 2.40. The van der Waals surface area contributed by atoms with Gasteiger partial charge in [0.2, 0.25) is 0 Å². The predicted molar refractivity (Wildman–Crippen MR) is 92.6 cm³/mol. The maximum Gasteiger partial charge on any atom is 0.185 e. The van der Waals surface area contributed by atoms with Crippen molar-refractivity contribution in [2.75, 3.05) is 6.61 Å². The van der Waals surface area contributed by atoms with Gasteiger partial charge >= 0.3 is 0 Å². The van der Waals surface area contributed by atoms with Crippen molar-refractivity contribution in [1.82, 2.24) is 19.5 Å². The number of nitrogens with zero attached hydrogens (tertiary/aromatic N) is 3. The molecular formula is C17H16N4O4S. The lowest BCUT2D eigenvalue weighted by Gasteiger charge is -2.20. The third-order valence-corrected chi connectivity index (χ3v) is 5.05. The van der Waals surface area contributed by atoms with Gasteiger partial charge in [0, 0.05) is 5.56 Å². The fourth-order valence-corrected chi connectivity index (χ4v) is 3.74. The van der Waals surface area contributed by atoms with Crippen LogP contribution in [0.1, 0.15) is 18.1 Å². The van der Waals surface area contributed by atoms with E-state index >= 15 is 0 Å². The minimum absolute atomic E-state index is 0.160. The Morgan fingerprint density at radius 1 is 1.12 bits per heavy atom. The number of hydrogen-bond acceptors (Lipinski definition) is 7. The summed E-state index contributed by atoms with van der Waals surface area (Å²) in [7, 11) is 0. The molecular weight excluding hydrogens is 356 g/mol. The molecule has 3 unspecified atom stereocenters. The molecule has 1 aromatic carbocycles. The normalized spacial score (nSPS) is 30.7. The molecule has 134 valence electrons. The number of benzene rings is 1. The van der Waals surface area contributed by atoms with Crippen LogP contribution in [0.5, 0.6) is 0 Å². The lowest BCUT2D eigenvalue weighted by atomic mass is 10.1. The first-order valence-electron chi connectivity index (χ1n) is 8.28. The zero-order valence-corrected chi connectivity index (χ0v) is 14.4. The molecule has 0 bridgehead atoms. The van der Waals surface area contributed by atoms with Gasteiger partial charge in [-0.1, -0.05) is 42.5 Å². The molecule has 2 aliphatic rings. The summed E-state index contributed by atoms with van der Waals surface area (Å²) in [6, 6.07) is 9.71. The summed E-state index contributed by atoms with van der Waals surface area (Å²) < 4.78 is 20.4. The highest BCUT2D eigenvalue weighted by molar-refractivity contribution is 7.71. The summed E-state index contributed by atoms with van der Waals surface area (Å²) in [6.45, 7) is -0.160. The lowest BCUT2D eigenvalue weighted by Crippen LogP contribution is -2.30.